The molecule has 21 heavy (non-hydrogen) atoms. The van der Waals surface area contributed by atoms with Crippen molar-refractivity contribution in [1.82, 2.24) is 5.32 Å². The van der Waals surface area contributed by atoms with Crippen molar-refractivity contribution in [3.63, 3.8) is 0 Å². The number of carbonyl (C=O) groups is 1. The first-order valence-corrected chi connectivity index (χ1v) is 7.73. The summed E-state index contributed by atoms with van der Waals surface area (Å²) in [6.45, 7) is 2.59. The molecule has 2 aliphatic heterocycles. The van der Waals surface area contributed by atoms with Gasteiger partial charge in [0.05, 0.1) is 23.8 Å². The number of thiocarbonyl (C=S) groups is 1. The summed E-state index contributed by atoms with van der Waals surface area (Å²) in [5.41, 5.74) is 1.21. The summed E-state index contributed by atoms with van der Waals surface area (Å²) in [6, 6.07) is 4.98. The first-order chi connectivity index (χ1) is 10.1. The summed E-state index contributed by atoms with van der Waals surface area (Å²) in [6.07, 6.45) is 1.64. The van der Waals surface area contributed by atoms with Crippen LogP contribution in [0.5, 0.6) is 0 Å². The van der Waals surface area contributed by atoms with Crippen LogP contribution in [0.1, 0.15) is 5.56 Å². The Morgan fingerprint density at radius 2 is 2.14 bits per heavy atom. The van der Waals surface area contributed by atoms with Crippen molar-refractivity contribution in [2.75, 3.05) is 31.2 Å². The van der Waals surface area contributed by atoms with E-state index in [0.717, 1.165) is 0 Å². The van der Waals surface area contributed by atoms with Gasteiger partial charge in [-0.2, -0.15) is 0 Å². The van der Waals surface area contributed by atoms with Gasteiger partial charge in [-0.05, 0) is 23.8 Å². The molecule has 2 heterocycles. The minimum absolute atomic E-state index is 0.234. The normalized spacial score (nSPS) is 21.0. The van der Waals surface area contributed by atoms with Crippen LogP contribution in [0.3, 0.4) is 0 Å². The van der Waals surface area contributed by atoms with E-state index < -0.39 is 0 Å². The van der Waals surface area contributed by atoms with Crippen molar-refractivity contribution in [1.29, 1.82) is 0 Å². The third kappa shape index (κ3) is 3.25. The molecule has 1 amide bonds. The molecule has 0 radical (unpaired) electrons. The van der Waals surface area contributed by atoms with E-state index in [2.05, 4.69) is 5.32 Å². The fraction of sp³-hybridized carbons (Fsp3) is 0.286. The van der Waals surface area contributed by atoms with Crippen LogP contribution in [0, 0.1) is 5.82 Å². The summed E-state index contributed by atoms with van der Waals surface area (Å²) >= 11 is 6.11. The number of amides is 1. The largest absolute Gasteiger partial charge is 0.378 e. The molecule has 1 N–H and O–H groups in total. The zero-order valence-corrected chi connectivity index (χ0v) is 12.7. The minimum atomic E-state index is -0.294. The molecule has 2 fully saturated rings. The number of morpholine rings is 1. The van der Waals surface area contributed by atoms with Gasteiger partial charge < -0.3 is 15.0 Å². The Balaban J connectivity index is 1.82. The monoisotopic (exact) mass is 324 g/mol. The fourth-order valence-corrected chi connectivity index (χ4v) is 3.29. The number of hydrogen-bond donors (Lipinski definition) is 1. The topological polar surface area (TPSA) is 41.6 Å². The molecular formula is C14H13FN2O2S2. The highest BCUT2D eigenvalue weighted by molar-refractivity contribution is 8.26. The second kappa shape index (κ2) is 6.13. The van der Waals surface area contributed by atoms with Gasteiger partial charge in [0.15, 0.2) is 0 Å². The predicted octanol–water partition coefficient (Wildman–Crippen LogP) is 2.15. The highest BCUT2D eigenvalue weighted by atomic mass is 32.2. The van der Waals surface area contributed by atoms with Crippen LogP contribution in [0.2, 0.25) is 0 Å². The maximum Gasteiger partial charge on any atom is 0.263 e. The Morgan fingerprint density at radius 1 is 1.38 bits per heavy atom. The van der Waals surface area contributed by atoms with Gasteiger partial charge in [-0.15, -0.1) is 0 Å². The molecule has 110 valence electrons. The van der Waals surface area contributed by atoms with Crippen molar-refractivity contribution < 1.29 is 13.9 Å². The molecule has 0 saturated carbocycles. The highest BCUT2D eigenvalue weighted by Crippen LogP contribution is 2.28. The van der Waals surface area contributed by atoms with E-state index >= 15 is 0 Å². The summed E-state index contributed by atoms with van der Waals surface area (Å²) in [7, 11) is 0. The Bertz CT molecular complexity index is 627. The van der Waals surface area contributed by atoms with Crippen LogP contribution in [-0.2, 0) is 9.53 Å². The van der Waals surface area contributed by atoms with Gasteiger partial charge in [-0.25, -0.2) is 4.39 Å². The third-order valence-corrected chi connectivity index (χ3v) is 4.43. The lowest BCUT2D eigenvalue weighted by molar-refractivity contribution is -0.115. The number of halogens is 1. The molecule has 0 spiro atoms. The number of nitrogens with one attached hydrogen (secondary N) is 1. The Labute approximate surface area is 131 Å². The second-order valence-corrected chi connectivity index (χ2v) is 6.38. The van der Waals surface area contributed by atoms with Crippen molar-refractivity contribution in [3.05, 3.63) is 34.5 Å². The minimum Gasteiger partial charge on any atom is -0.378 e. The first kappa shape index (κ1) is 14.5. The van der Waals surface area contributed by atoms with Crippen LogP contribution in [-0.4, -0.2) is 36.5 Å². The molecule has 2 aliphatic rings. The number of rotatable bonds is 2. The fourth-order valence-electron chi connectivity index (χ4n) is 2.25. The van der Waals surface area contributed by atoms with E-state index in [1.54, 1.807) is 18.2 Å². The molecule has 0 atom stereocenters. The lowest BCUT2D eigenvalue weighted by Gasteiger charge is -2.29. The molecular weight excluding hydrogens is 311 g/mol. The average molecular weight is 324 g/mol. The zero-order chi connectivity index (χ0) is 14.8. The Morgan fingerprint density at radius 3 is 2.76 bits per heavy atom. The maximum absolute atomic E-state index is 14.2. The second-order valence-electron chi connectivity index (χ2n) is 4.66. The van der Waals surface area contributed by atoms with Crippen LogP contribution in [0.25, 0.3) is 6.08 Å². The van der Waals surface area contributed by atoms with Crippen molar-refractivity contribution in [2.45, 2.75) is 0 Å². The van der Waals surface area contributed by atoms with Crippen LogP contribution in [0.15, 0.2) is 23.1 Å². The van der Waals surface area contributed by atoms with Gasteiger partial charge in [0.25, 0.3) is 5.91 Å². The molecule has 0 bridgehead atoms. The van der Waals surface area contributed by atoms with Crippen LogP contribution >= 0.6 is 24.0 Å². The van der Waals surface area contributed by atoms with E-state index in [9.17, 15) is 9.18 Å². The third-order valence-electron chi connectivity index (χ3n) is 3.26. The molecule has 7 heteroatoms. The van der Waals surface area contributed by atoms with Crippen molar-refractivity contribution >= 4 is 46.0 Å². The van der Waals surface area contributed by atoms with E-state index in [4.69, 9.17) is 17.0 Å². The molecule has 4 nitrogen and oxygen atoms in total. The summed E-state index contributed by atoms with van der Waals surface area (Å²) in [4.78, 5) is 14.0. The number of thioether (sulfide) groups is 1. The van der Waals surface area contributed by atoms with Crippen LogP contribution < -0.4 is 10.2 Å². The first-order valence-electron chi connectivity index (χ1n) is 6.50. The van der Waals surface area contributed by atoms with Gasteiger partial charge in [-0.3, -0.25) is 4.79 Å². The molecule has 1 aromatic rings. The molecule has 0 aromatic heterocycles. The van der Waals surface area contributed by atoms with Gasteiger partial charge >= 0.3 is 0 Å². The molecule has 0 unspecified atom stereocenters. The number of nitrogens with zero attached hydrogens (tertiary/aromatic N) is 1. The molecule has 3 rings (SSSR count). The van der Waals surface area contributed by atoms with Crippen molar-refractivity contribution in [2.24, 2.45) is 0 Å². The summed E-state index contributed by atoms with van der Waals surface area (Å²) < 4.78 is 19.9. The smallest absolute Gasteiger partial charge is 0.263 e. The predicted molar refractivity (Wildman–Crippen MR) is 85.7 cm³/mol. The van der Waals surface area contributed by atoms with E-state index in [0.29, 0.717) is 46.8 Å². The van der Waals surface area contributed by atoms with E-state index in [1.807, 2.05) is 4.90 Å². The maximum atomic E-state index is 14.2. The average Bonchev–Trinajstić information content (AvgIpc) is 2.78. The highest BCUT2D eigenvalue weighted by Gasteiger charge is 2.22. The Hall–Kier alpha value is -1.44. The summed E-state index contributed by atoms with van der Waals surface area (Å²) in [5.74, 6) is -0.528. The number of hydrogen-bond acceptors (Lipinski definition) is 5. The lowest BCUT2D eigenvalue weighted by Crippen LogP contribution is -2.36. The van der Waals surface area contributed by atoms with Crippen LogP contribution in [0.4, 0.5) is 10.1 Å². The van der Waals surface area contributed by atoms with Gasteiger partial charge in [0, 0.05) is 13.1 Å². The van der Waals surface area contributed by atoms with Gasteiger partial charge in [0.2, 0.25) is 0 Å². The number of benzene rings is 1. The summed E-state index contributed by atoms with van der Waals surface area (Å²) in [5, 5.41) is 2.54. The van der Waals surface area contributed by atoms with Gasteiger partial charge in [-0.1, -0.05) is 30.0 Å². The molecule has 2 saturated heterocycles. The molecule has 1 aromatic carbocycles. The SMILES string of the molecule is O=C1NC(=S)S/C1=C/c1ccc(N2CCOCC2)c(F)c1. The zero-order valence-electron chi connectivity index (χ0n) is 11.1. The van der Waals surface area contributed by atoms with E-state index in [1.165, 1.54) is 17.8 Å². The number of ether oxygens (including phenoxy) is 1. The van der Waals surface area contributed by atoms with E-state index in [-0.39, 0.29) is 11.7 Å². The van der Waals surface area contributed by atoms with Gasteiger partial charge in [0.1, 0.15) is 10.1 Å². The number of carbonyl (C=O) groups excluding carboxylic acids is 1. The van der Waals surface area contributed by atoms with Crippen molar-refractivity contribution in [3.8, 4) is 0 Å². The Kier molecular flexibility index (Phi) is 4.23. The number of anilines is 1. The lowest BCUT2D eigenvalue weighted by atomic mass is 10.1. The quantitative estimate of drug-likeness (QED) is 0.667. The molecule has 0 aliphatic carbocycles. The standard InChI is InChI=1S/C14H13FN2O2S2/c15-10-7-9(8-12-13(18)16-14(20)21-12)1-2-11(10)17-3-5-19-6-4-17/h1-2,7-8H,3-6H2,(H,16,18,20)/b12-8+.